The molecular weight excluding hydrogens is 478 g/mol. The van der Waals surface area contributed by atoms with E-state index >= 15 is 0 Å². The molecular formula is C30H35N5O3. The molecule has 8 nitrogen and oxygen atoms in total. The zero-order valence-electron chi connectivity index (χ0n) is 22.3. The molecule has 0 spiro atoms. The number of ether oxygens (including phenoxy) is 1. The molecule has 198 valence electrons. The second-order valence-corrected chi connectivity index (χ2v) is 9.96. The molecule has 38 heavy (non-hydrogen) atoms. The van der Waals surface area contributed by atoms with E-state index in [1.54, 1.807) is 4.57 Å². The molecule has 1 saturated heterocycles. The third-order valence-corrected chi connectivity index (χ3v) is 7.56. The van der Waals surface area contributed by atoms with Crippen molar-refractivity contribution in [3.05, 3.63) is 82.3 Å². The SMILES string of the molecule is CCOC(=O)C1C(C)=Nc2c(c(N3CCN(CCc4ccccc4)CC3)nc(=O)n2-c2ccccc2)C1C. The van der Waals surface area contributed by atoms with Crippen LogP contribution in [-0.2, 0) is 16.0 Å². The van der Waals surface area contributed by atoms with Crippen molar-refractivity contribution < 1.29 is 9.53 Å². The molecule has 8 heteroatoms. The van der Waals surface area contributed by atoms with E-state index in [0.29, 0.717) is 29.6 Å². The second kappa shape index (κ2) is 11.3. The van der Waals surface area contributed by atoms with Crippen molar-refractivity contribution in [1.29, 1.82) is 0 Å². The van der Waals surface area contributed by atoms with Gasteiger partial charge in [0, 0.05) is 49.9 Å². The summed E-state index contributed by atoms with van der Waals surface area (Å²) in [5.74, 6) is 0.148. The van der Waals surface area contributed by atoms with Gasteiger partial charge in [0.1, 0.15) is 17.6 Å². The van der Waals surface area contributed by atoms with Crippen LogP contribution >= 0.6 is 0 Å². The Bertz CT molecular complexity index is 1360. The summed E-state index contributed by atoms with van der Waals surface area (Å²) in [6.07, 6.45) is 1.01. The summed E-state index contributed by atoms with van der Waals surface area (Å²) in [4.78, 5) is 40.5. The van der Waals surface area contributed by atoms with Gasteiger partial charge in [0.25, 0.3) is 0 Å². The van der Waals surface area contributed by atoms with Gasteiger partial charge in [-0.15, -0.1) is 0 Å². The molecule has 0 amide bonds. The Labute approximate surface area is 223 Å². The molecule has 1 fully saturated rings. The Morgan fingerprint density at radius 2 is 1.66 bits per heavy atom. The first-order valence-electron chi connectivity index (χ1n) is 13.4. The number of aromatic nitrogens is 2. The molecule has 0 aliphatic carbocycles. The van der Waals surface area contributed by atoms with Gasteiger partial charge in [-0.2, -0.15) is 4.98 Å². The van der Waals surface area contributed by atoms with Gasteiger partial charge in [0.05, 0.1) is 12.3 Å². The summed E-state index contributed by atoms with van der Waals surface area (Å²) in [5.41, 5.74) is 3.15. The van der Waals surface area contributed by atoms with Crippen LogP contribution in [0, 0.1) is 5.92 Å². The molecule has 2 aromatic carbocycles. The van der Waals surface area contributed by atoms with Gasteiger partial charge in [-0.3, -0.25) is 9.69 Å². The van der Waals surface area contributed by atoms with E-state index in [-0.39, 0.29) is 17.6 Å². The average molecular weight is 514 g/mol. The summed E-state index contributed by atoms with van der Waals surface area (Å²) in [7, 11) is 0. The lowest BCUT2D eigenvalue weighted by Gasteiger charge is -2.38. The van der Waals surface area contributed by atoms with E-state index < -0.39 is 5.92 Å². The van der Waals surface area contributed by atoms with Crippen LogP contribution in [0.4, 0.5) is 11.6 Å². The third kappa shape index (κ3) is 5.13. The second-order valence-electron chi connectivity index (χ2n) is 9.96. The molecule has 3 aromatic rings. The van der Waals surface area contributed by atoms with Crippen LogP contribution in [0.3, 0.4) is 0 Å². The number of benzene rings is 2. The molecule has 3 heterocycles. The van der Waals surface area contributed by atoms with Gasteiger partial charge in [0.2, 0.25) is 0 Å². The van der Waals surface area contributed by atoms with Crippen LogP contribution in [0.1, 0.15) is 37.8 Å². The van der Waals surface area contributed by atoms with Crippen molar-refractivity contribution >= 4 is 23.3 Å². The van der Waals surface area contributed by atoms with Crippen LogP contribution in [0.2, 0.25) is 0 Å². The predicted octanol–water partition coefficient (Wildman–Crippen LogP) is 3.99. The smallest absolute Gasteiger partial charge is 0.355 e. The zero-order valence-corrected chi connectivity index (χ0v) is 22.3. The predicted molar refractivity (Wildman–Crippen MR) is 150 cm³/mol. The average Bonchev–Trinajstić information content (AvgIpc) is 2.93. The maximum Gasteiger partial charge on any atom is 0.355 e. The van der Waals surface area contributed by atoms with E-state index in [2.05, 4.69) is 39.0 Å². The highest BCUT2D eigenvalue weighted by Gasteiger charge is 2.39. The van der Waals surface area contributed by atoms with Gasteiger partial charge < -0.3 is 9.64 Å². The highest BCUT2D eigenvalue weighted by Crippen LogP contribution is 2.43. The fourth-order valence-corrected chi connectivity index (χ4v) is 5.57. The van der Waals surface area contributed by atoms with Gasteiger partial charge in [-0.05, 0) is 38.0 Å². The highest BCUT2D eigenvalue weighted by molar-refractivity contribution is 6.04. The van der Waals surface area contributed by atoms with Crippen molar-refractivity contribution in [2.45, 2.75) is 33.1 Å². The standard InChI is InChI=1S/C30H35N5O3/c1-4-38-29(36)25-21(2)26-27(34-19-17-33(18-20-34)16-15-23-11-7-5-8-12-23)32-30(37)35(28(26)31-22(25)3)24-13-9-6-10-14-24/h5-14,21,25H,4,15-20H2,1-3H3. The zero-order chi connectivity index (χ0) is 26.6. The van der Waals surface area contributed by atoms with Crippen LogP contribution in [-0.4, -0.2) is 65.5 Å². The number of para-hydroxylation sites is 1. The minimum Gasteiger partial charge on any atom is -0.465 e. The Balaban J connectivity index is 1.48. The summed E-state index contributed by atoms with van der Waals surface area (Å²) in [5, 5.41) is 0. The molecule has 5 rings (SSSR count). The maximum atomic E-state index is 13.5. The number of carbonyl (C=O) groups is 1. The molecule has 2 atom stereocenters. The summed E-state index contributed by atoms with van der Waals surface area (Å²) < 4.78 is 6.98. The molecule has 0 N–H and O–H groups in total. The minimum absolute atomic E-state index is 0.240. The third-order valence-electron chi connectivity index (χ3n) is 7.56. The minimum atomic E-state index is -0.517. The molecule has 0 radical (unpaired) electrons. The highest BCUT2D eigenvalue weighted by atomic mass is 16.5. The Kier molecular flexibility index (Phi) is 7.69. The largest absolute Gasteiger partial charge is 0.465 e. The molecule has 2 unspecified atom stereocenters. The topological polar surface area (TPSA) is 80.0 Å². The van der Waals surface area contributed by atoms with Crippen molar-refractivity contribution in [1.82, 2.24) is 14.5 Å². The number of piperazine rings is 1. The first-order valence-corrected chi connectivity index (χ1v) is 13.4. The molecule has 0 saturated carbocycles. The maximum absolute atomic E-state index is 13.5. The molecule has 2 aliphatic rings. The number of carbonyl (C=O) groups excluding carboxylic acids is 1. The van der Waals surface area contributed by atoms with Crippen molar-refractivity contribution in [3.8, 4) is 5.69 Å². The van der Waals surface area contributed by atoms with Crippen molar-refractivity contribution in [2.24, 2.45) is 10.9 Å². The number of esters is 1. The normalized spacial score (nSPS) is 19.6. The Morgan fingerprint density at radius 3 is 2.32 bits per heavy atom. The summed E-state index contributed by atoms with van der Waals surface area (Å²) in [6, 6.07) is 20.0. The molecule has 1 aromatic heterocycles. The van der Waals surface area contributed by atoms with Gasteiger partial charge in [-0.25, -0.2) is 14.4 Å². The van der Waals surface area contributed by atoms with Gasteiger partial charge >= 0.3 is 11.7 Å². The van der Waals surface area contributed by atoms with Crippen molar-refractivity contribution in [2.75, 3.05) is 44.2 Å². The van der Waals surface area contributed by atoms with Gasteiger partial charge in [-0.1, -0.05) is 55.5 Å². The summed E-state index contributed by atoms with van der Waals surface area (Å²) in [6.45, 7) is 10.2. The lowest BCUT2D eigenvalue weighted by atomic mass is 9.82. The lowest BCUT2D eigenvalue weighted by Crippen LogP contribution is -2.48. The Morgan fingerprint density at radius 1 is 1.00 bits per heavy atom. The first-order chi connectivity index (χ1) is 18.5. The van der Waals surface area contributed by atoms with Crippen LogP contribution in [0.15, 0.2) is 70.5 Å². The van der Waals surface area contributed by atoms with E-state index in [1.807, 2.05) is 57.2 Å². The van der Waals surface area contributed by atoms with E-state index in [0.717, 1.165) is 44.7 Å². The van der Waals surface area contributed by atoms with Crippen LogP contribution in [0.25, 0.3) is 5.69 Å². The van der Waals surface area contributed by atoms with E-state index in [9.17, 15) is 9.59 Å². The number of anilines is 1. The Hall–Kier alpha value is -3.78. The number of nitrogens with zero attached hydrogens (tertiary/aromatic N) is 5. The number of aliphatic imine (C=N–C) groups is 1. The van der Waals surface area contributed by atoms with Crippen molar-refractivity contribution in [3.63, 3.8) is 0 Å². The number of hydrogen-bond acceptors (Lipinski definition) is 7. The quantitative estimate of drug-likeness (QED) is 0.445. The number of fused-ring (bicyclic) bond motifs is 1. The van der Waals surface area contributed by atoms with Crippen LogP contribution in [0.5, 0.6) is 0 Å². The fraction of sp³-hybridized carbons (Fsp3) is 0.400. The lowest BCUT2D eigenvalue weighted by molar-refractivity contribution is -0.146. The van der Waals surface area contributed by atoms with Crippen LogP contribution < -0.4 is 10.6 Å². The molecule has 2 aliphatic heterocycles. The van der Waals surface area contributed by atoms with E-state index in [4.69, 9.17) is 9.73 Å². The fourth-order valence-electron chi connectivity index (χ4n) is 5.57. The molecule has 0 bridgehead atoms. The summed E-state index contributed by atoms with van der Waals surface area (Å²) >= 11 is 0. The monoisotopic (exact) mass is 513 g/mol. The first kappa shape index (κ1) is 25.9. The van der Waals surface area contributed by atoms with Gasteiger partial charge in [0.15, 0.2) is 0 Å². The number of rotatable bonds is 7. The number of hydrogen-bond donors (Lipinski definition) is 0. The van der Waals surface area contributed by atoms with E-state index in [1.165, 1.54) is 5.56 Å².